The molecule has 13 heteroatoms. The molecule has 1 aromatic carbocycles. The van der Waals surface area contributed by atoms with Gasteiger partial charge in [0.15, 0.2) is 0 Å². The predicted octanol–water partition coefficient (Wildman–Crippen LogP) is 4.76. The summed E-state index contributed by atoms with van der Waals surface area (Å²) in [6.45, 7) is 1.22. The van der Waals surface area contributed by atoms with Crippen molar-refractivity contribution in [3.8, 4) is 11.3 Å². The molecule has 0 aliphatic heterocycles. The van der Waals surface area contributed by atoms with E-state index in [0.29, 0.717) is 26.8 Å². The molecule has 0 fully saturated rings. The van der Waals surface area contributed by atoms with Gasteiger partial charge in [-0.05, 0) is 69.9 Å². The number of hydrogen-bond acceptors (Lipinski definition) is 6. The Labute approximate surface area is 203 Å². The molecule has 3 heterocycles. The maximum absolute atomic E-state index is 13.4. The van der Waals surface area contributed by atoms with E-state index in [1.54, 1.807) is 22.7 Å². The summed E-state index contributed by atoms with van der Waals surface area (Å²) in [7, 11) is 0. The third-order valence-corrected chi connectivity index (χ3v) is 6.31. The van der Waals surface area contributed by atoms with Gasteiger partial charge in [0.2, 0.25) is 5.60 Å². The van der Waals surface area contributed by atoms with Gasteiger partial charge in [-0.1, -0.05) is 12.0 Å². The number of fused-ring (bicyclic) bond motifs is 1. The Morgan fingerprint density at radius 3 is 2.51 bits per heavy atom. The van der Waals surface area contributed by atoms with Gasteiger partial charge in [0.05, 0.1) is 21.2 Å². The van der Waals surface area contributed by atoms with Crippen molar-refractivity contribution in [2.75, 3.05) is 5.32 Å². The Morgan fingerprint density at radius 2 is 1.91 bits per heavy atom. The van der Waals surface area contributed by atoms with Crippen molar-refractivity contribution in [3.05, 3.63) is 69.9 Å². The van der Waals surface area contributed by atoms with Crippen LogP contribution in [-0.2, 0) is 12.1 Å². The van der Waals surface area contributed by atoms with Crippen molar-refractivity contribution in [3.63, 3.8) is 0 Å². The van der Waals surface area contributed by atoms with Crippen LogP contribution in [-0.4, -0.2) is 31.8 Å². The van der Waals surface area contributed by atoms with Gasteiger partial charge in [-0.3, -0.25) is 4.79 Å². The molecule has 4 N–H and O–H groups in total. The predicted molar refractivity (Wildman–Crippen MR) is 121 cm³/mol. The number of carbonyl (C=O) groups is 1. The number of primary amides is 1. The number of hydrogen-bond donors (Lipinski definition) is 3. The summed E-state index contributed by atoms with van der Waals surface area (Å²) >= 11 is 3.41. The second-order valence-corrected chi connectivity index (χ2v) is 8.47. The Kier molecular flexibility index (Phi) is 6.32. The van der Waals surface area contributed by atoms with Crippen LogP contribution in [0.1, 0.15) is 35.2 Å². The highest BCUT2D eigenvalue weighted by Gasteiger charge is 2.57. The second kappa shape index (κ2) is 8.96. The molecule has 3 aromatic heterocycles. The average Bonchev–Trinajstić information content (AvgIpc) is 3.40. The van der Waals surface area contributed by atoms with Crippen molar-refractivity contribution < 1.29 is 31.9 Å². The number of aromatic nitrogens is 3. The van der Waals surface area contributed by atoms with E-state index in [0.717, 1.165) is 6.92 Å². The largest absolute Gasteiger partial charge is 0.426 e. The molecular weight excluding hydrogens is 538 g/mol. The molecule has 0 aliphatic rings. The van der Waals surface area contributed by atoms with Gasteiger partial charge in [0, 0.05) is 12.7 Å². The summed E-state index contributed by atoms with van der Waals surface area (Å²) < 4.78 is 60.2. The Morgan fingerprint density at radius 1 is 1.23 bits per heavy atom. The molecule has 4 aromatic rings. The fraction of sp³-hybridized carbons (Fsp3) is 0.227. The Bertz CT molecular complexity index is 1400. The van der Waals surface area contributed by atoms with Gasteiger partial charge >= 0.3 is 12.2 Å². The smallest absolute Gasteiger partial charge is 0.405 e. The van der Waals surface area contributed by atoms with Crippen LogP contribution in [0.2, 0.25) is 0 Å². The van der Waals surface area contributed by atoms with Crippen LogP contribution >= 0.6 is 15.9 Å². The summed E-state index contributed by atoms with van der Waals surface area (Å²) in [6.07, 6.45) is -4.02. The van der Waals surface area contributed by atoms with Crippen LogP contribution in [0.15, 0.2) is 51.5 Å². The van der Waals surface area contributed by atoms with E-state index in [1.165, 1.54) is 24.3 Å². The third kappa shape index (κ3) is 4.36. The highest BCUT2D eigenvalue weighted by molar-refractivity contribution is 9.10. The van der Waals surface area contributed by atoms with Crippen molar-refractivity contribution in [1.29, 1.82) is 0 Å². The molecule has 184 valence electrons. The molecule has 0 bridgehead atoms. The summed E-state index contributed by atoms with van der Waals surface area (Å²) in [5.41, 5.74) is 4.81. The minimum atomic E-state index is -4.99. The van der Waals surface area contributed by atoms with E-state index in [-0.39, 0.29) is 18.1 Å². The van der Waals surface area contributed by atoms with Crippen LogP contribution in [0, 0.1) is 5.82 Å². The van der Waals surface area contributed by atoms with Gasteiger partial charge in [-0.2, -0.15) is 13.2 Å². The molecule has 8 nitrogen and oxygen atoms in total. The number of carbonyl (C=O) groups excluding carboxylic acids is 1. The van der Waals surface area contributed by atoms with E-state index in [4.69, 9.17) is 10.2 Å². The Hall–Kier alpha value is -3.45. The normalized spacial score (nSPS) is 13.7. The zero-order valence-corrected chi connectivity index (χ0v) is 19.6. The SMILES string of the molecule is CCC(O)(c1nnc(NCc2ccn3c(-c4ccc(F)cc4)c(C(N)=O)c(Br)c3c2)o1)C(F)(F)F. The summed E-state index contributed by atoms with van der Waals surface area (Å²) in [4.78, 5) is 12.2. The van der Waals surface area contributed by atoms with Crippen LogP contribution in [0.4, 0.5) is 23.6 Å². The lowest BCUT2D eigenvalue weighted by molar-refractivity contribution is -0.275. The van der Waals surface area contributed by atoms with Crippen LogP contribution in [0.25, 0.3) is 16.8 Å². The molecule has 1 atom stereocenters. The lowest BCUT2D eigenvalue weighted by Gasteiger charge is -2.25. The number of alkyl halides is 3. The zero-order valence-electron chi connectivity index (χ0n) is 18.0. The molecule has 1 unspecified atom stereocenters. The maximum Gasteiger partial charge on any atom is 0.426 e. The number of nitrogens with two attached hydrogens (primary N) is 1. The third-order valence-electron chi connectivity index (χ3n) is 5.51. The van der Waals surface area contributed by atoms with Crippen molar-refractivity contribution in [1.82, 2.24) is 14.6 Å². The van der Waals surface area contributed by atoms with Gasteiger partial charge in [-0.25, -0.2) is 4.39 Å². The number of amides is 1. The lowest BCUT2D eigenvalue weighted by Crippen LogP contribution is -2.42. The highest BCUT2D eigenvalue weighted by Crippen LogP contribution is 2.41. The van der Waals surface area contributed by atoms with Gasteiger partial charge in [0.1, 0.15) is 5.82 Å². The van der Waals surface area contributed by atoms with Gasteiger partial charge in [-0.15, -0.1) is 5.10 Å². The first-order valence-corrected chi connectivity index (χ1v) is 11.0. The summed E-state index contributed by atoms with van der Waals surface area (Å²) in [6, 6.07) is 8.68. The van der Waals surface area contributed by atoms with E-state index in [1.807, 2.05) is 0 Å². The maximum atomic E-state index is 13.4. The van der Waals surface area contributed by atoms with Gasteiger partial charge in [0.25, 0.3) is 11.8 Å². The number of aliphatic hydroxyl groups is 1. The zero-order chi connectivity index (χ0) is 25.5. The quantitative estimate of drug-likeness (QED) is 0.283. The monoisotopic (exact) mass is 555 g/mol. The topological polar surface area (TPSA) is 119 Å². The Balaban J connectivity index is 1.64. The highest BCUT2D eigenvalue weighted by atomic mass is 79.9. The average molecular weight is 556 g/mol. The van der Waals surface area contributed by atoms with E-state index in [9.17, 15) is 27.5 Å². The van der Waals surface area contributed by atoms with E-state index in [2.05, 4.69) is 31.4 Å². The number of benzene rings is 1. The van der Waals surface area contributed by atoms with Crippen molar-refractivity contribution in [2.45, 2.75) is 31.7 Å². The summed E-state index contributed by atoms with van der Waals surface area (Å²) in [5.74, 6) is -2.08. The molecule has 0 radical (unpaired) electrons. The fourth-order valence-electron chi connectivity index (χ4n) is 3.60. The number of nitrogens with one attached hydrogen (secondary N) is 1. The minimum absolute atomic E-state index is 0.0735. The van der Waals surface area contributed by atoms with E-state index >= 15 is 0 Å². The lowest BCUT2D eigenvalue weighted by atomic mass is 10.0. The molecule has 0 saturated heterocycles. The first-order valence-electron chi connectivity index (χ1n) is 10.2. The fourth-order valence-corrected chi connectivity index (χ4v) is 4.29. The van der Waals surface area contributed by atoms with Crippen LogP contribution in [0.3, 0.4) is 0 Å². The minimum Gasteiger partial charge on any atom is -0.405 e. The standard InChI is InChI=1S/C22H18BrF4N5O3/c1-2-21(34,22(25,26)27)19-30-31-20(35-19)29-10-11-7-8-32-14(9-11)16(23)15(18(28)33)17(32)12-3-5-13(24)6-4-12/h3-9,34H,2,10H2,1H3,(H2,28,33)(H,29,31). The molecule has 0 saturated carbocycles. The molecule has 4 rings (SSSR count). The van der Waals surface area contributed by atoms with E-state index < -0.39 is 35.8 Å². The van der Waals surface area contributed by atoms with Crippen LogP contribution < -0.4 is 11.1 Å². The first-order chi connectivity index (χ1) is 16.5. The summed E-state index contributed by atoms with van der Waals surface area (Å²) in [5, 5.41) is 19.5. The van der Waals surface area contributed by atoms with Crippen molar-refractivity contribution >= 4 is 33.4 Å². The van der Waals surface area contributed by atoms with Crippen molar-refractivity contribution in [2.24, 2.45) is 5.73 Å². The second-order valence-electron chi connectivity index (χ2n) is 7.68. The number of pyridine rings is 1. The molecular formula is C22H18BrF4N5O3. The number of halogens is 5. The first kappa shape index (κ1) is 24.7. The molecule has 35 heavy (non-hydrogen) atoms. The molecule has 0 spiro atoms. The number of nitrogens with zero attached hydrogens (tertiary/aromatic N) is 3. The van der Waals surface area contributed by atoms with Crippen LogP contribution in [0.5, 0.6) is 0 Å². The molecule has 1 amide bonds. The van der Waals surface area contributed by atoms with Gasteiger partial charge < -0.3 is 25.0 Å². The number of rotatable bonds is 7. The number of anilines is 1. The molecule has 0 aliphatic carbocycles.